The molecule has 0 aliphatic carbocycles. The van der Waals surface area contributed by atoms with Gasteiger partial charge in [0.2, 0.25) is 0 Å². The van der Waals surface area contributed by atoms with Crippen LogP contribution in [0.2, 0.25) is 5.02 Å². The van der Waals surface area contributed by atoms with Crippen molar-refractivity contribution in [2.45, 2.75) is 25.3 Å². The number of aryl methyl sites for hydroxylation is 1. The summed E-state index contributed by atoms with van der Waals surface area (Å²) in [6, 6.07) is 15.2. The molecular formula is C16H18ClFN2. The number of nitrogens with one attached hydrogen (secondary N) is 1. The van der Waals surface area contributed by atoms with Crippen molar-refractivity contribution in [3.8, 4) is 0 Å². The second-order valence-electron chi connectivity index (χ2n) is 4.80. The van der Waals surface area contributed by atoms with Crippen molar-refractivity contribution in [1.82, 2.24) is 5.43 Å². The number of nitrogens with two attached hydrogens (primary N) is 1. The Balaban J connectivity index is 1.97. The first-order chi connectivity index (χ1) is 9.70. The van der Waals surface area contributed by atoms with Gasteiger partial charge in [-0.1, -0.05) is 54.1 Å². The summed E-state index contributed by atoms with van der Waals surface area (Å²) < 4.78 is 13.9. The standard InChI is InChI=1S/C16H18ClFN2/c17-15-8-4-7-13(16(15)18)11-14(20-19)10-9-12-5-2-1-3-6-12/h1-8,14,20H,9-11,19H2. The van der Waals surface area contributed by atoms with E-state index in [-0.39, 0.29) is 16.9 Å². The van der Waals surface area contributed by atoms with Gasteiger partial charge >= 0.3 is 0 Å². The van der Waals surface area contributed by atoms with Gasteiger partial charge in [-0.25, -0.2) is 4.39 Å². The largest absolute Gasteiger partial charge is 0.271 e. The van der Waals surface area contributed by atoms with Crippen molar-refractivity contribution in [3.63, 3.8) is 0 Å². The van der Waals surface area contributed by atoms with E-state index in [4.69, 9.17) is 17.4 Å². The Kier molecular flexibility index (Phi) is 5.53. The Labute approximate surface area is 123 Å². The minimum atomic E-state index is -0.353. The molecule has 0 saturated carbocycles. The van der Waals surface area contributed by atoms with Gasteiger partial charge in [-0.05, 0) is 36.5 Å². The van der Waals surface area contributed by atoms with Gasteiger partial charge in [-0.3, -0.25) is 11.3 Å². The molecule has 106 valence electrons. The van der Waals surface area contributed by atoms with E-state index in [0.29, 0.717) is 12.0 Å². The molecule has 0 saturated heterocycles. The van der Waals surface area contributed by atoms with Crippen molar-refractivity contribution in [2.75, 3.05) is 0 Å². The van der Waals surface area contributed by atoms with E-state index in [1.807, 2.05) is 18.2 Å². The first kappa shape index (κ1) is 15.0. The Morgan fingerprint density at radius 2 is 1.85 bits per heavy atom. The number of hydrogen-bond acceptors (Lipinski definition) is 2. The summed E-state index contributed by atoms with van der Waals surface area (Å²) in [4.78, 5) is 0. The Bertz CT molecular complexity index is 545. The van der Waals surface area contributed by atoms with Gasteiger partial charge in [0.1, 0.15) is 5.82 Å². The van der Waals surface area contributed by atoms with Crippen LogP contribution in [0.3, 0.4) is 0 Å². The Hall–Kier alpha value is -1.42. The summed E-state index contributed by atoms with van der Waals surface area (Å²) in [5.74, 6) is 5.21. The van der Waals surface area contributed by atoms with Crippen LogP contribution in [0.5, 0.6) is 0 Å². The third-order valence-corrected chi connectivity index (χ3v) is 3.65. The summed E-state index contributed by atoms with van der Waals surface area (Å²) in [5, 5.41) is 0.154. The van der Waals surface area contributed by atoms with Gasteiger partial charge in [0.25, 0.3) is 0 Å². The molecule has 1 atom stereocenters. The SMILES string of the molecule is NNC(CCc1ccccc1)Cc1cccc(Cl)c1F. The van der Waals surface area contributed by atoms with Crippen molar-refractivity contribution >= 4 is 11.6 Å². The first-order valence-corrected chi connectivity index (χ1v) is 7.01. The topological polar surface area (TPSA) is 38.0 Å². The van der Waals surface area contributed by atoms with E-state index < -0.39 is 0 Å². The lowest BCUT2D eigenvalue weighted by Gasteiger charge is -2.16. The zero-order valence-electron chi connectivity index (χ0n) is 11.2. The fourth-order valence-corrected chi connectivity index (χ4v) is 2.40. The molecule has 0 heterocycles. The highest BCUT2D eigenvalue weighted by atomic mass is 35.5. The molecular weight excluding hydrogens is 275 g/mol. The smallest absolute Gasteiger partial charge is 0.145 e. The molecule has 2 rings (SSSR count). The monoisotopic (exact) mass is 292 g/mol. The van der Waals surface area contributed by atoms with Gasteiger partial charge in [0, 0.05) is 6.04 Å². The maximum atomic E-state index is 13.9. The van der Waals surface area contributed by atoms with Gasteiger partial charge in [0.15, 0.2) is 0 Å². The van der Waals surface area contributed by atoms with E-state index in [0.717, 1.165) is 12.8 Å². The van der Waals surface area contributed by atoms with Gasteiger partial charge in [-0.2, -0.15) is 0 Å². The Morgan fingerprint density at radius 3 is 2.55 bits per heavy atom. The summed E-state index contributed by atoms with van der Waals surface area (Å²) in [5.41, 5.74) is 4.60. The normalized spacial score (nSPS) is 12.3. The Morgan fingerprint density at radius 1 is 1.10 bits per heavy atom. The van der Waals surface area contributed by atoms with Crippen molar-refractivity contribution in [1.29, 1.82) is 0 Å². The molecule has 20 heavy (non-hydrogen) atoms. The molecule has 0 amide bonds. The van der Waals surface area contributed by atoms with Crippen LogP contribution in [0, 0.1) is 5.82 Å². The zero-order valence-corrected chi connectivity index (χ0v) is 11.9. The average molecular weight is 293 g/mol. The van der Waals surface area contributed by atoms with E-state index in [1.54, 1.807) is 18.2 Å². The van der Waals surface area contributed by atoms with Crippen molar-refractivity contribution in [2.24, 2.45) is 5.84 Å². The second kappa shape index (κ2) is 7.39. The number of hydrazine groups is 1. The molecule has 1 unspecified atom stereocenters. The van der Waals surface area contributed by atoms with Crippen LogP contribution in [0.15, 0.2) is 48.5 Å². The fourth-order valence-electron chi connectivity index (χ4n) is 2.20. The molecule has 0 aliphatic heterocycles. The lowest BCUT2D eigenvalue weighted by molar-refractivity contribution is 0.480. The summed E-state index contributed by atoms with van der Waals surface area (Å²) >= 11 is 5.79. The number of hydrogen-bond donors (Lipinski definition) is 2. The van der Waals surface area contributed by atoms with Crippen LogP contribution in [-0.4, -0.2) is 6.04 Å². The van der Waals surface area contributed by atoms with Crippen LogP contribution < -0.4 is 11.3 Å². The highest BCUT2D eigenvalue weighted by Gasteiger charge is 2.13. The third kappa shape index (κ3) is 4.04. The molecule has 2 aromatic rings. The molecule has 0 aromatic heterocycles. The van der Waals surface area contributed by atoms with Gasteiger partial charge in [-0.15, -0.1) is 0 Å². The lowest BCUT2D eigenvalue weighted by Crippen LogP contribution is -2.37. The van der Waals surface area contributed by atoms with E-state index in [1.165, 1.54) is 5.56 Å². The van der Waals surface area contributed by atoms with Gasteiger partial charge in [0.05, 0.1) is 5.02 Å². The summed E-state index contributed by atoms with van der Waals surface area (Å²) in [6.07, 6.45) is 2.26. The van der Waals surface area contributed by atoms with E-state index in [2.05, 4.69) is 17.6 Å². The number of benzene rings is 2. The molecule has 4 heteroatoms. The summed E-state index contributed by atoms with van der Waals surface area (Å²) in [6.45, 7) is 0. The molecule has 0 radical (unpaired) electrons. The predicted octanol–water partition coefficient (Wildman–Crippen LogP) is 3.49. The molecule has 0 spiro atoms. The number of rotatable bonds is 6. The maximum Gasteiger partial charge on any atom is 0.145 e. The minimum absolute atomic E-state index is 0.0168. The minimum Gasteiger partial charge on any atom is -0.271 e. The van der Waals surface area contributed by atoms with Crippen LogP contribution in [-0.2, 0) is 12.8 Å². The predicted molar refractivity (Wildman–Crippen MR) is 81.0 cm³/mol. The highest BCUT2D eigenvalue weighted by Crippen LogP contribution is 2.20. The van der Waals surface area contributed by atoms with Crippen LogP contribution in [0.4, 0.5) is 4.39 Å². The van der Waals surface area contributed by atoms with Crippen molar-refractivity contribution in [3.05, 3.63) is 70.5 Å². The van der Waals surface area contributed by atoms with Crippen LogP contribution in [0.25, 0.3) is 0 Å². The van der Waals surface area contributed by atoms with E-state index >= 15 is 0 Å². The second-order valence-corrected chi connectivity index (χ2v) is 5.21. The van der Waals surface area contributed by atoms with Crippen LogP contribution in [0.1, 0.15) is 17.5 Å². The van der Waals surface area contributed by atoms with Gasteiger partial charge < -0.3 is 0 Å². The van der Waals surface area contributed by atoms with E-state index in [9.17, 15) is 4.39 Å². The first-order valence-electron chi connectivity index (χ1n) is 6.63. The quantitative estimate of drug-likeness (QED) is 0.632. The molecule has 0 fully saturated rings. The fraction of sp³-hybridized carbons (Fsp3) is 0.250. The van der Waals surface area contributed by atoms with Crippen molar-refractivity contribution < 1.29 is 4.39 Å². The molecule has 2 aromatic carbocycles. The molecule has 0 bridgehead atoms. The average Bonchev–Trinajstić information content (AvgIpc) is 2.49. The third-order valence-electron chi connectivity index (χ3n) is 3.36. The molecule has 3 N–H and O–H groups in total. The van der Waals surface area contributed by atoms with Crippen LogP contribution >= 0.6 is 11.6 Å². The summed E-state index contributed by atoms with van der Waals surface area (Å²) in [7, 11) is 0. The number of halogens is 2. The highest BCUT2D eigenvalue weighted by molar-refractivity contribution is 6.30. The molecule has 2 nitrogen and oxygen atoms in total. The lowest BCUT2D eigenvalue weighted by atomic mass is 9.99. The zero-order chi connectivity index (χ0) is 14.4. The maximum absolute atomic E-state index is 13.9. The molecule has 0 aliphatic rings.